The first-order chi connectivity index (χ1) is 15.7. The molecule has 0 spiro atoms. The van der Waals surface area contributed by atoms with Crippen LogP contribution in [-0.4, -0.2) is 46.2 Å². The molecule has 7 nitrogen and oxygen atoms in total. The van der Waals surface area contributed by atoms with Crippen LogP contribution in [0.5, 0.6) is 0 Å². The van der Waals surface area contributed by atoms with E-state index >= 15 is 0 Å². The molecule has 9 atom stereocenters. The van der Waals surface area contributed by atoms with Crippen LogP contribution >= 0.6 is 0 Å². The van der Waals surface area contributed by atoms with E-state index in [-0.39, 0.29) is 29.0 Å². The minimum atomic E-state index is -1.34. The highest BCUT2D eigenvalue weighted by atomic mass is 16.8. The number of aliphatic hydroxyl groups is 2. The van der Waals surface area contributed by atoms with Crippen LogP contribution in [-0.2, 0) is 19.1 Å². The quantitative estimate of drug-likeness (QED) is 0.723. The average Bonchev–Trinajstić information content (AvgIpc) is 3.48. The molecule has 4 aliphatic carbocycles. The molecule has 0 radical (unpaired) electrons. The number of ketones is 2. The van der Waals surface area contributed by atoms with Crippen LogP contribution in [0.25, 0.3) is 0 Å². The average molecular weight is 455 g/mol. The zero-order chi connectivity index (χ0) is 23.2. The summed E-state index contributed by atoms with van der Waals surface area (Å²) in [5.74, 6) is 0.254. The van der Waals surface area contributed by atoms with E-state index < -0.39 is 41.9 Å². The molecular weight excluding hydrogens is 424 g/mol. The van der Waals surface area contributed by atoms with Gasteiger partial charge in [-0.15, -0.1) is 0 Å². The lowest BCUT2D eigenvalue weighted by Crippen LogP contribution is -2.63. The van der Waals surface area contributed by atoms with Crippen molar-refractivity contribution in [1.82, 2.24) is 0 Å². The number of rotatable bonds is 3. The van der Waals surface area contributed by atoms with Crippen molar-refractivity contribution in [1.29, 1.82) is 0 Å². The third kappa shape index (κ3) is 2.59. The zero-order valence-electron chi connectivity index (χ0n) is 18.9. The van der Waals surface area contributed by atoms with Gasteiger partial charge >= 0.3 is 0 Å². The third-order valence-electron chi connectivity index (χ3n) is 9.57. The molecule has 2 heterocycles. The topological polar surface area (TPSA) is 106 Å². The lowest BCUT2D eigenvalue weighted by atomic mass is 9.46. The fourth-order valence-electron chi connectivity index (χ4n) is 8.24. The number of ether oxygens (including phenoxy) is 2. The summed E-state index contributed by atoms with van der Waals surface area (Å²) in [6, 6.07) is 3.49. The Morgan fingerprint density at radius 1 is 1.30 bits per heavy atom. The third-order valence-corrected chi connectivity index (χ3v) is 9.57. The van der Waals surface area contributed by atoms with Crippen LogP contribution in [0.2, 0.25) is 0 Å². The molecule has 3 saturated carbocycles. The van der Waals surface area contributed by atoms with Crippen LogP contribution in [0.1, 0.15) is 51.6 Å². The number of allylic oxidation sites excluding steroid dienone is 4. The fourth-order valence-corrected chi connectivity index (χ4v) is 8.24. The highest BCUT2D eigenvalue weighted by Crippen LogP contribution is 2.70. The van der Waals surface area contributed by atoms with E-state index in [1.807, 2.05) is 13.0 Å². The number of carbonyl (C=O) groups is 2. The Kier molecular flexibility index (Phi) is 4.54. The van der Waals surface area contributed by atoms with Gasteiger partial charge in [-0.05, 0) is 61.8 Å². The predicted molar refractivity (Wildman–Crippen MR) is 116 cm³/mol. The van der Waals surface area contributed by atoms with Crippen molar-refractivity contribution in [3.63, 3.8) is 0 Å². The Bertz CT molecular complexity index is 1060. The molecule has 176 valence electrons. The Balaban J connectivity index is 1.41. The van der Waals surface area contributed by atoms with Crippen molar-refractivity contribution in [3.05, 3.63) is 48.0 Å². The van der Waals surface area contributed by atoms with E-state index in [9.17, 15) is 19.8 Å². The summed E-state index contributed by atoms with van der Waals surface area (Å²) >= 11 is 0. The number of hydrogen-bond acceptors (Lipinski definition) is 7. The predicted octanol–water partition coefficient (Wildman–Crippen LogP) is 2.88. The van der Waals surface area contributed by atoms with Crippen molar-refractivity contribution in [2.24, 2.45) is 28.6 Å². The second kappa shape index (κ2) is 6.98. The summed E-state index contributed by atoms with van der Waals surface area (Å²) in [5.41, 5.74) is -1.35. The minimum Gasteiger partial charge on any atom is -0.464 e. The zero-order valence-corrected chi connectivity index (χ0v) is 18.9. The van der Waals surface area contributed by atoms with Gasteiger partial charge in [0.05, 0.1) is 18.5 Å². The largest absolute Gasteiger partial charge is 0.464 e. The minimum absolute atomic E-state index is 0.00437. The molecule has 1 saturated heterocycles. The van der Waals surface area contributed by atoms with Crippen molar-refractivity contribution in [2.75, 3.05) is 6.61 Å². The number of carbonyl (C=O) groups excluding carboxylic acids is 2. The molecule has 1 aromatic rings. The van der Waals surface area contributed by atoms with Crippen LogP contribution < -0.4 is 0 Å². The highest BCUT2D eigenvalue weighted by Gasteiger charge is 2.76. The molecule has 0 bridgehead atoms. The van der Waals surface area contributed by atoms with Crippen molar-refractivity contribution in [2.45, 2.75) is 63.6 Å². The Morgan fingerprint density at radius 2 is 2.12 bits per heavy atom. The van der Waals surface area contributed by atoms with Gasteiger partial charge in [-0.25, -0.2) is 0 Å². The second-order valence-corrected chi connectivity index (χ2v) is 10.9. The SMILES string of the molecule is C[C@]12C=CC(=O)C=C1CC[C@H]1[C@H]2[C@@H](O)C[C@@]2(C)[C@@H]1C[C@@H]1O[C@@H](c3ccco3)O[C@@]12C(=O)CO. The first kappa shape index (κ1) is 21.5. The first-order valence-corrected chi connectivity index (χ1v) is 11.9. The summed E-state index contributed by atoms with van der Waals surface area (Å²) in [4.78, 5) is 25.4. The van der Waals surface area contributed by atoms with E-state index in [0.29, 0.717) is 18.6 Å². The normalized spacial score (nSPS) is 48.0. The summed E-state index contributed by atoms with van der Waals surface area (Å²) in [5, 5.41) is 21.5. The van der Waals surface area contributed by atoms with Crippen molar-refractivity contribution >= 4 is 11.6 Å². The van der Waals surface area contributed by atoms with Crippen LogP contribution in [0.15, 0.2) is 46.6 Å². The molecule has 0 unspecified atom stereocenters. The van der Waals surface area contributed by atoms with Gasteiger partial charge in [0, 0.05) is 16.7 Å². The lowest BCUT2D eigenvalue weighted by molar-refractivity contribution is -0.203. The standard InChI is InChI=1S/C26H30O7/c1-24-8-7-15(28)10-14(24)5-6-16-17-11-21-26(20(30)13-27,25(17,2)12-18(29)22(16)24)33-23(32-21)19-4-3-9-31-19/h3-4,7-10,16-18,21-23,27,29H,5-6,11-13H2,1-2H3/t16-,17-,18+,21+,22+,23-,24+,25+,26+/m1/s1. The molecule has 5 aliphatic rings. The summed E-state index contributed by atoms with van der Waals surface area (Å²) < 4.78 is 18.2. The van der Waals surface area contributed by atoms with Crippen LogP contribution in [0.3, 0.4) is 0 Å². The first-order valence-electron chi connectivity index (χ1n) is 11.9. The van der Waals surface area contributed by atoms with Gasteiger partial charge in [-0.1, -0.05) is 25.5 Å². The maximum atomic E-state index is 13.4. The summed E-state index contributed by atoms with van der Waals surface area (Å²) in [6.45, 7) is 3.49. The van der Waals surface area contributed by atoms with Gasteiger partial charge in [0.2, 0.25) is 6.29 Å². The van der Waals surface area contributed by atoms with Gasteiger partial charge in [0.25, 0.3) is 0 Å². The van der Waals surface area contributed by atoms with Gasteiger partial charge < -0.3 is 24.1 Å². The molecule has 6 rings (SSSR count). The maximum Gasteiger partial charge on any atom is 0.218 e. The number of hydrogen-bond donors (Lipinski definition) is 2. The number of Topliss-reactive ketones (excluding diaryl/α,β-unsaturated/α-hetero) is 1. The highest BCUT2D eigenvalue weighted by molar-refractivity contribution is 6.01. The molecule has 2 N–H and O–H groups in total. The molecule has 0 amide bonds. The lowest BCUT2D eigenvalue weighted by Gasteiger charge is -2.59. The van der Waals surface area contributed by atoms with Crippen LogP contribution in [0.4, 0.5) is 0 Å². The molecule has 33 heavy (non-hydrogen) atoms. The van der Waals surface area contributed by atoms with Gasteiger partial charge in [0.1, 0.15) is 6.61 Å². The Morgan fingerprint density at radius 3 is 2.85 bits per heavy atom. The summed E-state index contributed by atoms with van der Waals surface area (Å²) in [7, 11) is 0. The number of fused-ring (bicyclic) bond motifs is 7. The number of aliphatic hydroxyl groups excluding tert-OH is 2. The van der Waals surface area contributed by atoms with Gasteiger partial charge in [0.15, 0.2) is 22.9 Å². The fraction of sp³-hybridized carbons (Fsp3) is 0.615. The van der Waals surface area contributed by atoms with E-state index in [0.717, 1.165) is 18.4 Å². The summed E-state index contributed by atoms with van der Waals surface area (Å²) in [6.07, 6.45) is 7.42. The number of furan rings is 1. The molecule has 1 aromatic heterocycles. The van der Waals surface area contributed by atoms with E-state index in [1.54, 1.807) is 24.3 Å². The molecule has 1 aliphatic heterocycles. The maximum absolute atomic E-state index is 13.4. The van der Waals surface area contributed by atoms with E-state index in [1.165, 1.54) is 6.26 Å². The molecule has 0 aromatic carbocycles. The van der Waals surface area contributed by atoms with Gasteiger partial charge in [-0.2, -0.15) is 0 Å². The molecular formula is C26H30O7. The smallest absolute Gasteiger partial charge is 0.218 e. The van der Waals surface area contributed by atoms with Crippen LogP contribution in [0, 0.1) is 28.6 Å². The van der Waals surface area contributed by atoms with E-state index in [2.05, 4.69) is 6.92 Å². The van der Waals surface area contributed by atoms with Gasteiger partial charge in [-0.3, -0.25) is 9.59 Å². The Labute approximate surface area is 192 Å². The molecule has 4 fully saturated rings. The van der Waals surface area contributed by atoms with Crippen molar-refractivity contribution in [3.8, 4) is 0 Å². The van der Waals surface area contributed by atoms with Crippen molar-refractivity contribution < 1.29 is 33.7 Å². The second-order valence-electron chi connectivity index (χ2n) is 10.9. The molecule has 7 heteroatoms. The van der Waals surface area contributed by atoms with E-state index in [4.69, 9.17) is 13.9 Å². The Hall–Kier alpha value is -2.06. The monoisotopic (exact) mass is 454 g/mol.